The van der Waals surface area contributed by atoms with Crippen LogP contribution in [0.1, 0.15) is 19.3 Å². The molecule has 0 aromatic rings. The van der Waals surface area contributed by atoms with Crippen molar-refractivity contribution in [2.75, 3.05) is 19.3 Å². The summed E-state index contributed by atoms with van der Waals surface area (Å²) in [5.41, 5.74) is 0. The summed E-state index contributed by atoms with van der Waals surface area (Å²) in [7, 11) is -3.17. The van der Waals surface area contributed by atoms with E-state index in [9.17, 15) is 8.42 Å². The van der Waals surface area contributed by atoms with Crippen LogP contribution in [0.5, 0.6) is 0 Å². The molecule has 3 N–H and O–H groups in total. The molecule has 1 aliphatic rings. The lowest BCUT2D eigenvalue weighted by molar-refractivity contribution is 0.520. The lowest BCUT2D eigenvalue weighted by Crippen LogP contribution is -2.21. The third-order valence-electron chi connectivity index (χ3n) is 1.21. The Morgan fingerprint density at radius 1 is 1.18 bits per heavy atom. The van der Waals surface area contributed by atoms with E-state index in [2.05, 4.69) is 10.5 Å². The number of nitrogens with two attached hydrogens (primary N) is 1. The van der Waals surface area contributed by atoms with Crippen molar-refractivity contribution in [3.8, 4) is 0 Å². The topological polar surface area (TPSA) is 72.2 Å². The molecule has 1 fully saturated rings. The average molecular weight is 180 g/mol. The van der Waals surface area contributed by atoms with Crippen LogP contribution >= 0.6 is 0 Å². The van der Waals surface area contributed by atoms with E-state index < -0.39 is 10.0 Å². The van der Waals surface area contributed by atoms with Gasteiger partial charge in [0.25, 0.3) is 0 Å². The van der Waals surface area contributed by atoms with Gasteiger partial charge in [-0.2, -0.15) is 0 Å². The third kappa shape index (κ3) is 17.7. The summed E-state index contributed by atoms with van der Waals surface area (Å²) < 4.78 is 18.8. The van der Waals surface area contributed by atoms with Gasteiger partial charge in [0, 0.05) is 0 Å². The lowest BCUT2D eigenvalue weighted by Gasteiger charge is -2.08. The first-order valence-electron chi connectivity index (χ1n) is 3.68. The lowest BCUT2D eigenvalue weighted by atomic mass is 10.2. The van der Waals surface area contributed by atoms with Gasteiger partial charge in [-0.25, -0.2) is 13.6 Å². The summed E-state index contributed by atoms with van der Waals surface area (Å²) in [6.45, 7) is 2.50. The van der Waals surface area contributed by atoms with Crippen LogP contribution in [-0.4, -0.2) is 27.8 Å². The van der Waals surface area contributed by atoms with Crippen LogP contribution in [0.15, 0.2) is 0 Å². The van der Waals surface area contributed by atoms with E-state index in [1.807, 2.05) is 0 Å². The molecule has 0 atom stereocenters. The molecular weight excluding hydrogens is 164 g/mol. The molecule has 0 aromatic heterocycles. The summed E-state index contributed by atoms with van der Waals surface area (Å²) in [5, 5.41) is 7.61. The SMILES string of the molecule is C1CCNCC1.CS(N)(=O)=O. The number of nitrogens with one attached hydrogen (secondary N) is 1. The van der Waals surface area contributed by atoms with Gasteiger partial charge in [0.05, 0.1) is 6.26 Å². The second-order valence-electron chi connectivity index (χ2n) is 2.64. The third-order valence-corrected chi connectivity index (χ3v) is 1.21. The standard InChI is InChI=1S/C5H11N.CH5NO2S/c1-2-4-6-5-3-1;1-5(2,3)4/h6H,1-5H2;1H3,(H2,2,3,4). The predicted molar refractivity (Wildman–Crippen MR) is 45.8 cm³/mol. The normalized spacial score (nSPS) is 18.4. The minimum absolute atomic E-state index is 0.938. The maximum Gasteiger partial charge on any atom is 0.206 e. The summed E-state index contributed by atoms with van der Waals surface area (Å²) in [6.07, 6.45) is 5.15. The molecule has 4 nitrogen and oxygen atoms in total. The monoisotopic (exact) mass is 180 g/mol. The molecule has 1 rings (SSSR count). The van der Waals surface area contributed by atoms with Crippen LogP contribution < -0.4 is 10.5 Å². The highest BCUT2D eigenvalue weighted by atomic mass is 32.2. The zero-order valence-electron chi connectivity index (χ0n) is 6.84. The maximum absolute atomic E-state index is 9.41. The first kappa shape index (κ1) is 10.9. The molecule has 0 radical (unpaired) electrons. The molecule has 0 aliphatic carbocycles. The Kier molecular flexibility index (Phi) is 5.45. The molecule has 0 unspecified atom stereocenters. The van der Waals surface area contributed by atoms with Gasteiger partial charge in [0.2, 0.25) is 10.0 Å². The fraction of sp³-hybridized carbons (Fsp3) is 1.00. The van der Waals surface area contributed by atoms with Gasteiger partial charge in [-0.05, 0) is 25.9 Å². The van der Waals surface area contributed by atoms with Crippen molar-refractivity contribution in [3.05, 3.63) is 0 Å². The quantitative estimate of drug-likeness (QED) is 0.536. The molecule has 11 heavy (non-hydrogen) atoms. The molecular formula is C6H16N2O2S. The highest BCUT2D eigenvalue weighted by Gasteiger charge is 1.93. The maximum atomic E-state index is 9.41. The average Bonchev–Trinajstić information content (AvgIpc) is 1.88. The van der Waals surface area contributed by atoms with Gasteiger partial charge >= 0.3 is 0 Å². The zero-order valence-corrected chi connectivity index (χ0v) is 7.65. The second kappa shape index (κ2) is 5.51. The predicted octanol–water partition coefficient (Wildman–Crippen LogP) is -0.335. The van der Waals surface area contributed by atoms with Crippen molar-refractivity contribution in [1.82, 2.24) is 5.32 Å². The Balaban J connectivity index is 0.000000187. The van der Waals surface area contributed by atoms with Crippen molar-refractivity contribution in [2.45, 2.75) is 19.3 Å². The summed E-state index contributed by atoms with van der Waals surface area (Å²) in [5.74, 6) is 0. The Hall–Kier alpha value is -0.130. The largest absolute Gasteiger partial charge is 0.317 e. The van der Waals surface area contributed by atoms with Gasteiger partial charge in [0.15, 0.2) is 0 Å². The smallest absolute Gasteiger partial charge is 0.206 e. The Bertz CT molecular complexity index is 154. The number of piperidine rings is 1. The second-order valence-corrected chi connectivity index (χ2v) is 4.30. The molecule has 0 aromatic carbocycles. The number of rotatable bonds is 0. The number of sulfonamides is 1. The van der Waals surface area contributed by atoms with E-state index in [4.69, 9.17) is 0 Å². The van der Waals surface area contributed by atoms with Crippen LogP contribution in [0.4, 0.5) is 0 Å². The fourth-order valence-electron chi connectivity index (χ4n) is 0.802. The van der Waals surface area contributed by atoms with Crippen LogP contribution in [0, 0.1) is 0 Å². The summed E-state index contributed by atoms with van der Waals surface area (Å²) in [6, 6.07) is 0. The molecule has 0 bridgehead atoms. The van der Waals surface area contributed by atoms with Gasteiger partial charge in [-0.3, -0.25) is 0 Å². The highest BCUT2D eigenvalue weighted by molar-refractivity contribution is 7.88. The Morgan fingerprint density at radius 3 is 1.64 bits per heavy atom. The van der Waals surface area contributed by atoms with Crippen LogP contribution in [0.25, 0.3) is 0 Å². The first-order valence-corrected chi connectivity index (χ1v) is 5.64. The molecule has 0 saturated carbocycles. The van der Waals surface area contributed by atoms with Crippen LogP contribution in [-0.2, 0) is 10.0 Å². The van der Waals surface area contributed by atoms with Gasteiger partial charge in [0.1, 0.15) is 0 Å². The summed E-state index contributed by atoms with van der Waals surface area (Å²) in [4.78, 5) is 0. The number of hydrogen-bond donors (Lipinski definition) is 2. The van der Waals surface area contributed by atoms with Gasteiger partial charge in [-0.1, -0.05) is 6.42 Å². The molecule has 1 heterocycles. The van der Waals surface area contributed by atoms with E-state index in [0.717, 1.165) is 6.26 Å². The molecule has 68 valence electrons. The van der Waals surface area contributed by atoms with E-state index >= 15 is 0 Å². The minimum atomic E-state index is -3.17. The van der Waals surface area contributed by atoms with Crippen molar-refractivity contribution in [3.63, 3.8) is 0 Å². The highest BCUT2D eigenvalue weighted by Crippen LogP contribution is 1.96. The molecule has 1 saturated heterocycles. The molecule has 1 aliphatic heterocycles. The zero-order chi connectivity index (χ0) is 8.74. The van der Waals surface area contributed by atoms with E-state index in [1.165, 1.54) is 32.4 Å². The molecule has 0 spiro atoms. The van der Waals surface area contributed by atoms with E-state index in [1.54, 1.807) is 0 Å². The van der Waals surface area contributed by atoms with Crippen LogP contribution in [0.2, 0.25) is 0 Å². The Morgan fingerprint density at radius 2 is 1.55 bits per heavy atom. The van der Waals surface area contributed by atoms with Crippen molar-refractivity contribution in [2.24, 2.45) is 5.14 Å². The van der Waals surface area contributed by atoms with Gasteiger partial charge < -0.3 is 5.32 Å². The first-order chi connectivity index (χ1) is 5.00. The van der Waals surface area contributed by atoms with Gasteiger partial charge in [-0.15, -0.1) is 0 Å². The molecule has 0 amide bonds. The summed E-state index contributed by atoms with van der Waals surface area (Å²) >= 11 is 0. The van der Waals surface area contributed by atoms with Crippen molar-refractivity contribution < 1.29 is 8.42 Å². The number of primary sulfonamides is 1. The van der Waals surface area contributed by atoms with Crippen molar-refractivity contribution in [1.29, 1.82) is 0 Å². The Labute approximate surface area is 68.2 Å². The fourth-order valence-corrected chi connectivity index (χ4v) is 0.802. The number of hydrogen-bond acceptors (Lipinski definition) is 3. The van der Waals surface area contributed by atoms with Crippen LogP contribution in [0.3, 0.4) is 0 Å². The molecule has 5 heteroatoms. The van der Waals surface area contributed by atoms with Crippen molar-refractivity contribution >= 4 is 10.0 Å². The van der Waals surface area contributed by atoms with E-state index in [-0.39, 0.29) is 0 Å². The minimum Gasteiger partial charge on any atom is -0.317 e. The van der Waals surface area contributed by atoms with E-state index in [0.29, 0.717) is 0 Å².